The van der Waals surface area contributed by atoms with Gasteiger partial charge < -0.3 is 225 Å². The molecule has 0 amide bonds. The van der Waals surface area contributed by atoms with Crippen LogP contribution >= 0.6 is 31.7 Å². The summed E-state index contributed by atoms with van der Waals surface area (Å²) in [5.41, 5.74) is 0. The van der Waals surface area contributed by atoms with E-state index in [0.29, 0.717) is 0 Å². The molecule has 0 heterocycles. The van der Waals surface area contributed by atoms with E-state index >= 15 is 0 Å². The van der Waals surface area contributed by atoms with Crippen molar-refractivity contribution in [3.8, 4) is 48.6 Å². The molecule has 664 valence electrons. The van der Waals surface area contributed by atoms with Crippen LogP contribution in [0.3, 0.4) is 0 Å². The van der Waals surface area contributed by atoms with E-state index in [9.17, 15) is 0 Å². The summed E-state index contributed by atoms with van der Waals surface area (Å²) in [4.78, 5) is 34.3. The van der Waals surface area contributed by atoms with Crippen molar-refractivity contribution in [1.82, 2.24) is 0 Å². The smallest absolute Gasteiger partial charge is 1.00 e. The zero-order valence-corrected chi connectivity index (χ0v) is 101. The van der Waals surface area contributed by atoms with Crippen molar-refractivity contribution in [1.29, 1.82) is 42.1 Å². The quantitative estimate of drug-likeness (QED) is 0.211. The van der Waals surface area contributed by atoms with Crippen LogP contribution in [0, 0.1) is 90.6 Å². The predicted octanol–water partition coefficient (Wildman–Crippen LogP) is -0.855. The minimum absolute atomic E-state index is 0. The standard InChI is InChI=1S/4C3H9P.8C2H3N.4Au.O4Si.36O.12W/c4*1-4(2)3;8*1-2-3;;;;;1-5(2,3)4;;;;;;;;;;;;;;;;;;;;;;;;;;;;;;;;;;;;;;;;;;;;;;;;/h4*1-3H3;8*1H3;;;;;;;;;;;;;;;;;;;;;;;;;;;;;;;;;;;;;;;;;;;;;;;;;;;;;/q;;;;;;;;;;;;4*+1;-4;36*-2;;;;;;;;;;;;/p+4. The molecule has 0 saturated heterocycles. The molecule has 0 N–H and O–H groups in total. The van der Waals surface area contributed by atoms with Crippen LogP contribution in [0.1, 0.15) is 55.4 Å². The fraction of sp³-hybridized carbons (Fsp3) is 0.714. The molecule has 0 aromatic rings. The van der Waals surface area contributed by atoms with Gasteiger partial charge in [0.25, 0.3) is 0 Å². The van der Waals surface area contributed by atoms with Gasteiger partial charge in [0.15, 0.2) is 0 Å². The Kier molecular flexibility index (Phi) is 7180. The molecule has 0 aromatic heterocycles. The molecule has 0 spiro atoms. The molecule has 0 aliphatic heterocycles. The molecule has 0 aliphatic carbocycles. The van der Waals surface area contributed by atoms with E-state index in [0.717, 1.165) is 0 Å². The van der Waals surface area contributed by atoms with Gasteiger partial charge in [0.2, 0.25) is 0 Å². The van der Waals surface area contributed by atoms with Gasteiger partial charge in [-0.15, -0.1) is 0 Å². The first-order valence-corrected chi connectivity index (χ1v) is 26.2. The van der Waals surface area contributed by atoms with Crippen LogP contribution in [0.4, 0.5) is 0 Å². The van der Waals surface area contributed by atoms with Crippen molar-refractivity contribution in [2.45, 2.75) is 55.4 Å². The zero-order chi connectivity index (χ0) is 40.5. The number of nitrogens with zero attached hydrogens (tertiary/aromatic N) is 8. The summed E-state index contributed by atoms with van der Waals surface area (Å²) >= 11 is 0. The summed E-state index contributed by atoms with van der Waals surface area (Å²) in [6, 6.07) is 14.0. The Hall–Kier alpha value is 7.48. The maximum Gasteiger partial charge on any atom is 1.00 e. The van der Waals surface area contributed by atoms with E-state index in [4.69, 9.17) is 61.3 Å². The molecule has 0 radical (unpaired) electrons. The second kappa shape index (κ2) is 970. The largest absolute Gasteiger partial charge is 2.00 e. The fourth-order valence-corrected chi connectivity index (χ4v) is 0. The Labute approximate surface area is 813 Å². The van der Waals surface area contributed by atoms with Crippen molar-refractivity contribution in [3.63, 3.8) is 0 Å². The molecule has 97 heavy (non-hydrogen) atoms. The molecule has 48 nitrogen and oxygen atoms in total. The summed E-state index contributed by atoms with van der Waals surface area (Å²) in [6.07, 6.45) is 0. The van der Waals surface area contributed by atoms with E-state index in [-0.39, 0.29) is 571 Å². The Balaban J connectivity index is -0.00000000174. The molecule has 0 unspecified atom stereocenters. The van der Waals surface area contributed by atoms with Gasteiger partial charge in [-0.05, 0) is 31.7 Å². The van der Waals surface area contributed by atoms with E-state index in [1.165, 1.54) is 55.4 Å². The maximum atomic E-state index is 8.58. The topological polar surface area (TPSA) is 1310 Å². The van der Waals surface area contributed by atoms with Crippen LogP contribution in [0.2, 0.25) is 0 Å². The van der Waals surface area contributed by atoms with Crippen molar-refractivity contribution in [2.24, 2.45) is 0 Å². The summed E-state index contributed by atoms with van der Waals surface area (Å²) in [6.45, 7) is 38.7. The average Bonchev–Trinajstić information content (AvgIpc) is 2.75. The van der Waals surface area contributed by atoms with Gasteiger partial charge in [0.05, 0.1) is 48.6 Å². The van der Waals surface area contributed by atoms with Crippen molar-refractivity contribution >= 4 is 40.7 Å². The maximum absolute atomic E-state index is 8.58. The molecule has 0 rings (SSSR count). The van der Waals surface area contributed by atoms with Crippen molar-refractivity contribution in [3.05, 3.63) is 0 Å². The number of hydrogen-bond acceptors (Lipinski definition) is 12. The monoisotopic (exact) mass is 4300 g/mol. The average molecular weight is 4300 g/mol. The minimum Gasteiger partial charge on any atom is -2.00 e. The summed E-state index contributed by atoms with van der Waals surface area (Å²) < 4.78 is 0. The third-order valence-corrected chi connectivity index (χ3v) is 0. The molecule has 0 aliphatic rings. The Morgan fingerprint density at radius 2 is 0.165 bits per heavy atom. The van der Waals surface area contributed by atoms with E-state index in [1.807, 2.05) is 0 Å². The van der Waals surface area contributed by atoms with Crippen molar-refractivity contribution in [2.75, 3.05) is 80.0 Å². The molecule has 0 bridgehead atoms. The van der Waals surface area contributed by atoms with Gasteiger partial charge in [-0.1, -0.05) is 0 Å². The summed E-state index contributed by atoms with van der Waals surface area (Å²) in [5.74, 6) is 0. The van der Waals surface area contributed by atoms with Crippen LogP contribution in [0.5, 0.6) is 0 Å². The van der Waals surface area contributed by atoms with Gasteiger partial charge in [0, 0.05) is 388 Å². The van der Waals surface area contributed by atoms with Crippen LogP contribution in [0.25, 0.3) is 0 Å². The second-order valence-corrected chi connectivity index (χ2v) is 21.3. The molecule has 0 fully saturated rings. The molecule has 0 saturated carbocycles. The third-order valence-electron chi connectivity index (χ3n) is 0. The summed E-state index contributed by atoms with van der Waals surface area (Å²) in [5, 5.41) is 58.6. The van der Waals surface area contributed by atoms with Crippen LogP contribution < -0.4 is 19.2 Å². The number of hydrogen-bond donors (Lipinski definition) is 0. The first-order chi connectivity index (χ1) is 20.2. The Morgan fingerprint density at radius 1 is 0.165 bits per heavy atom. The van der Waals surface area contributed by atoms with E-state index in [1.54, 1.807) is 48.6 Å². The summed E-state index contributed by atoms with van der Waals surface area (Å²) in [7, 11) is -5.13. The predicted molar refractivity (Wildman–Crippen MR) is 225 cm³/mol. The Morgan fingerprint density at radius 3 is 0.165 bits per heavy atom. The SMILES string of the molecule is CC#N.CC#N.CC#N.CC#N.CC#N.CC#N.CC#N.CC#N.C[PH+](C)C.C[PH+](C)C.C[PH+](C)C.C[PH+](C)C.[Au+].[Au+].[Au+].[Au+].[O-2].[O-2].[O-2].[O-2].[O-2].[O-2].[O-2].[O-2].[O-2].[O-2].[O-2].[O-2].[O-2].[O-2].[O-2].[O-2].[O-2].[O-2].[O-2].[O-2].[O-2].[O-2].[O-2].[O-2].[O-2].[O-2].[O-2].[O-2].[O-2].[O-2].[O-2].[O-2].[O-2].[O-2].[O-2].[O-2].[O-][Si]([O-])([O-])[O-].[W].[W].[W].[W].[W].[W].[W].[W].[W].[W].[W].[W]. The first kappa shape index (κ1) is 718. The van der Waals surface area contributed by atoms with Gasteiger partial charge >= 0.3 is 89.5 Å². The first-order valence-electron chi connectivity index (χ1n) is 12.6. The third kappa shape index (κ3) is 19100. The van der Waals surface area contributed by atoms with E-state index < -0.39 is 9.05 Å². The molecule has 0 aromatic carbocycles. The Bertz CT molecular complexity index is 729. The fourth-order valence-electron chi connectivity index (χ4n) is 0. The molecular formula is C28H64Au4N8O40P4SiW12-68. The molecule has 0 atom stereocenters. The van der Waals surface area contributed by atoms with Crippen molar-refractivity contribution < 1.29 is 559 Å². The van der Waals surface area contributed by atoms with Gasteiger partial charge in [0.1, 0.15) is 0 Å². The number of rotatable bonds is 0. The molecule has 69 heteroatoms. The second-order valence-electron chi connectivity index (χ2n) is 8.29. The normalized spacial score (nSPS) is 2.76. The molecular weight excluding hydrogens is 4230 g/mol. The van der Waals surface area contributed by atoms with Gasteiger partial charge in [-0.2, -0.15) is 42.1 Å². The van der Waals surface area contributed by atoms with Crippen LogP contribution in [-0.4, -0.2) is 89.0 Å². The number of nitriles is 8. The zero-order valence-electron chi connectivity index (χ0n) is 52.5. The van der Waals surface area contributed by atoms with E-state index in [2.05, 4.69) is 80.0 Å². The van der Waals surface area contributed by atoms with Gasteiger partial charge in [-0.25, -0.2) is 0 Å². The van der Waals surface area contributed by atoms with Gasteiger partial charge in [-0.3, -0.25) is 0 Å². The van der Waals surface area contributed by atoms with Crippen LogP contribution in [0.15, 0.2) is 0 Å². The van der Waals surface area contributed by atoms with Crippen LogP contribution in [-0.2, 0) is 539 Å². The minimum atomic E-state index is -5.61.